The van der Waals surface area contributed by atoms with Crippen molar-refractivity contribution < 1.29 is 9.90 Å². The molecule has 1 rings (SSSR count). The SMILES string of the molecule is CCN(CC(=O)O)CC1CCC(C)CC1. The summed E-state index contributed by atoms with van der Waals surface area (Å²) in [7, 11) is 0. The summed E-state index contributed by atoms with van der Waals surface area (Å²) in [6.45, 7) is 6.36. The highest BCUT2D eigenvalue weighted by molar-refractivity contribution is 5.69. The summed E-state index contributed by atoms with van der Waals surface area (Å²) in [5, 5.41) is 8.74. The molecule has 1 saturated carbocycles. The van der Waals surface area contributed by atoms with Crippen LogP contribution in [0.5, 0.6) is 0 Å². The lowest BCUT2D eigenvalue weighted by Gasteiger charge is -2.30. The Morgan fingerprint density at radius 2 is 1.93 bits per heavy atom. The van der Waals surface area contributed by atoms with Gasteiger partial charge in [-0.05, 0) is 31.2 Å². The zero-order valence-corrected chi connectivity index (χ0v) is 9.91. The lowest BCUT2D eigenvalue weighted by atomic mass is 9.83. The molecule has 1 N–H and O–H groups in total. The summed E-state index contributed by atoms with van der Waals surface area (Å²) >= 11 is 0. The van der Waals surface area contributed by atoms with E-state index in [4.69, 9.17) is 5.11 Å². The summed E-state index contributed by atoms with van der Waals surface area (Å²) in [5.74, 6) is 0.886. The molecule has 0 radical (unpaired) electrons. The van der Waals surface area contributed by atoms with Crippen molar-refractivity contribution in [3.63, 3.8) is 0 Å². The summed E-state index contributed by atoms with van der Waals surface area (Å²) < 4.78 is 0. The molecule has 15 heavy (non-hydrogen) atoms. The van der Waals surface area contributed by atoms with Crippen LogP contribution in [0.25, 0.3) is 0 Å². The Morgan fingerprint density at radius 3 is 2.40 bits per heavy atom. The van der Waals surface area contributed by atoms with E-state index in [2.05, 4.69) is 6.92 Å². The molecule has 0 saturated heterocycles. The quantitative estimate of drug-likeness (QED) is 0.761. The monoisotopic (exact) mass is 213 g/mol. The maximum absolute atomic E-state index is 10.6. The molecule has 0 aromatic heterocycles. The Labute approximate surface area is 92.5 Å². The standard InChI is InChI=1S/C12H23NO2/c1-3-13(9-12(14)15)8-11-6-4-10(2)5-7-11/h10-11H,3-9H2,1-2H3,(H,14,15). The van der Waals surface area contributed by atoms with Crippen LogP contribution in [0.1, 0.15) is 39.5 Å². The van der Waals surface area contributed by atoms with Gasteiger partial charge < -0.3 is 5.11 Å². The second-order valence-electron chi connectivity index (χ2n) is 4.85. The average Bonchev–Trinajstić information content (AvgIpc) is 2.19. The van der Waals surface area contributed by atoms with Crippen molar-refractivity contribution in [1.82, 2.24) is 4.90 Å². The normalized spacial score (nSPS) is 26.9. The molecular formula is C12H23NO2. The second kappa shape index (κ2) is 6.11. The number of rotatable bonds is 5. The van der Waals surface area contributed by atoms with Crippen LogP contribution in [0.15, 0.2) is 0 Å². The van der Waals surface area contributed by atoms with Crippen LogP contribution in [-0.4, -0.2) is 35.6 Å². The summed E-state index contributed by atoms with van der Waals surface area (Å²) in [4.78, 5) is 12.7. The maximum atomic E-state index is 10.6. The minimum atomic E-state index is -0.707. The number of carbonyl (C=O) groups is 1. The van der Waals surface area contributed by atoms with Crippen molar-refractivity contribution in [2.45, 2.75) is 39.5 Å². The Hall–Kier alpha value is -0.570. The molecule has 0 unspecified atom stereocenters. The van der Waals surface area contributed by atoms with Gasteiger partial charge in [0.2, 0.25) is 0 Å². The highest BCUT2D eigenvalue weighted by Gasteiger charge is 2.20. The third-order valence-electron chi connectivity index (χ3n) is 3.46. The van der Waals surface area contributed by atoms with E-state index in [-0.39, 0.29) is 6.54 Å². The van der Waals surface area contributed by atoms with Crippen molar-refractivity contribution in [3.05, 3.63) is 0 Å². The molecular weight excluding hydrogens is 190 g/mol. The number of hydrogen-bond donors (Lipinski definition) is 1. The summed E-state index contributed by atoms with van der Waals surface area (Å²) in [6, 6.07) is 0. The molecule has 0 aromatic rings. The van der Waals surface area contributed by atoms with Gasteiger partial charge in [0.25, 0.3) is 0 Å². The van der Waals surface area contributed by atoms with E-state index in [1.807, 2.05) is 11.8 Å². The summed E-state index contributed by atoms with van der Waals surface area (Å²) in [6.07, 6.45) is 5.18. The fraction of sp³-hybridized carbons (Fsp3) is 0.917. The highest BCUT2D eigenvalue weighted by atomic mass is 16.4. The molecule has 0 atom stereocenters. The van der Waals surface area contributed by atoms with Crippen LogP contribution < -0.4 is 0 Å². The number of carboxylic acid groups (broad SMARTS) is 1. The van der Waals surface area contributed by atoms with E-state index in [9.17, 15) is 4.79 Å². The smallest absolute Gasteiger partial charge is 0.317 e. The zero-order chi connectivity index (χ0) is 11.3. The lowest BCUT2D eigenvalue weighted by molar-refractivity contribution is -0.138. The van der Waals surface area contributed by atoms with Crippen molar-refractivity contribution in [1.29, 1.82) is 0 Å². The second-order valence-corrected chi connectivity index (χ2v) is 4.85. The third-order valence-corrected chi connectivity index (χ3v) is 3.46. The number of likely N-dealkylation sites (N-methyl/N-ethyl adjacent to an activating group) is 1. The van der Waals surface area contributed by atoms with Gasteiger partial charge in [0.05, 0.1) is 6.54 Å². The molecule has 0 spiro atoms. The fourth-order valence-corrected chi connectivity index (χ4v) is 2.37. The van der Waals surface area contributed by atoms with Crippen LogP contribution in [0.3, 0.4) is 0 Å². The maximum Gasteiger partial charge on any atom is 0.317 e. The molecule has 1 aliphatic rings. The Balaban J connectivity index is 2.28. The van der Waals surface area contributed by atoms with Gasteiger partial charge in [0, 0.05) is 6.54 Å². The number of hydrogen-bond acceptors (Lipinski definition) is 2. The first kappa shape index (κ1) is 12.5. The van der Waals surface area contributed by atoms with Crippen LogP contribution in [0, 0.1) is 11.8 Å². The molecule has 1 fully saturated rings. The average molecular weight is 213 g/mol. The summed E-state index contributed by atoms with van der Waals surface area (Å²) in [5.41, 5.74) is 0. The van der Waals surface area contributed by atoms with Gasteiger partial charge in [0.1, 0.15) is 0 Å². The van der Waals surface area contributed by atoms with Gasteiger partial charge in [0.15, 0.2) is 0 Å². The van der Waals surface area contributed by atoms with Gasteiger partial charge in [-0.15, -0.1) is 0 Å². The Morgan fingerprint density at radius 1 is 1.33 bits per heavy atom. The molecule has 1 aliphatic carbocycles. The molecule has 3 nitrogen and oxygen atoms in total. The molecule has 88 valence electrons. The molecule has 0 aliphatic heterocycles. The molecule has 0 aromatic carbocycles. The van der Waals surface area contributed by atoms with Gasteiger partial charge in [-0.3, -0.25) is 9.69 Å². The van der Waals surface area contributed by atoms with Crippen molar-refractivity contribution in [2.24, 2.45) is 11.8 Å². The van der Waals surface area contributed by atoms with Crippen molar-refractivity contribution in [2.75, 3.05) is 19.6 Å². The van der Waals surface area contributed by atoms with Crippen LogP contribution in [-0.2, 0) is 4.79 Å². The van der Waals surface area contributed by atoms with Crippen LogP contribution in [0.2, 0.25) is 0 Å². The first-order valence-corrected chi connectivity index (χ1v) is 6.06. The van der Waals surface area contributed by atoms with Gasteiger partial charge in [-0.2, -0.15) is 0 Å². The Kier molecular flexibility index (Phi) is 5.09. The first-order chi connectivity index (χ1) is 7.11. The Bertz CT molecular complexity index is 198. The predicted octanol–water partition coefficient (Wildman–Crippen LogP) is 2.22. The molecule has 0 amide bonds. The lowest BCUT2D eigenvalue weighted by Crippen LogP contribution is -2.35. The highest BCUT2D eigenvalue weighted by Crippen LogP contribution is 2.28. The minimum absolute atomic E-state index is 0.197. The minimum Gasteiger partial charge on any atom is -0.480 e. The van der Waals surface area contributed by atoms with E-state index >= 15 is 0 Å². The van der Waals surface area contributed by atoms with E-state index in [1.54, 1.807) is 0 Å². The van der Waals surface area contributed by atoms with Gasteiger partial charge in [-0.1, -0.05) is 26.7 Å². The fourth-order valence-electron chi connectivity index (χ4n) is 2.37. The molecule has 0 bridgehead atoms. The number of aliphatic carboxylic acids is 1. The predicted molar refractivity (Wildman–Crippen MR) is 60.9 cm³/mol. The molecule has 3 heteroatoms. The molecule has 0 heterocycles. The number of nitrogens with zero attached hydrogens (tertiary/aromatic N) is 1. The van der Waals surface area contributed by atoms with E-state index in [0.29, 0.717) is 0 Å². The zero-order valence-electron chi connectivity index (χ0n) is 9.91. The van der Waals surface area contributed by atoms with E-state index in [0.717, 1.165) is 24.9 Å². The first-order valence-electron chi connectivity index (χ1n) is 6.06. The van der Waals surface area contributed by atoms with E-state index < -0.39 is 5.97 Å². The van der Waals surface area contributed by atoms with Crippen LogP contribution in [0.4, 0.5) is 0 Å². The number of carboxylic acids is 1. The third kappa shape index (κ3) is 4.65. The van der Waals surface area contributed by atoms with Gasteiger partial charge in [-0.25, -0.2) is 0 Å². The van der Waals surface area contributed by atoms with Crippen LogP contribution >= 0.6 is 0 Å². The largest absolute Gasteiger partial charge is 0.480 e. The van der Waals surface area contributed by atoms with Crippen molar-refractivity contribution in [3.8, 4) is 0 Å². The van der Waals surface area contributed by atoms with E-state index in [1.165, 1.54) is 25.7 Å². The van der Waals surface area contributed by atoms with Crippen molar-refractivity contribution >= 4 is 5.97 Å². The topological polar surface area (TPSA) is 40.5 Å². The van der Waals surface area contributed by atoms with Gasteiger partial charge >= 0.3 is 5.97 Å².